The fourth-order valence-corrected chi connectivity index (χ4v) is 3.44. The molecule has 1 aromatic heterocycles. The number of ketones is 1. The summed E-state index contributed by atoms with van der Waals surface area (Å²) < 4.78 is 30.4. The third-order valence-corrected chi connectivity index (χ3v) is 4.89. The first kappa shape index (κ1) is 19.6. The Morgan fingerprint density at radius 2 is 1.85 bits per heavy atom. The average molecular weight is 380 g/mol. The van der Waals surface area contributed by atoms with Crippen molar-refractivity contribution < 1.29 is 22.7 Å². The van der Waals surface area contributed by atoms with E-state index < -0.39 is 33.3 Å². The maximum absolute atomic E-state index is 12.7. The van der Waals surface area contributed by atoms with Crippen LogP contribution >= 0.6 is 0 Å². The van der Waals surface area contributed by atoms with E-state index in [1.807, 2.05) is 0 Å². The summed E-state index contributed by atoms with van der Waals surface area (Å²) in [6.45, 7) is 4.74. The average Bonchev–Trinajstić information content (AvgIpc) is 2.84. The van der Waals surface area contributed by atoms with Gasteiger partial charge in [0, 0.05) is 24.9 Å². The molecule has 0 amide bonds. The van der Waals surface area contributed by atoms with E-state index in [-0.39, 0.29) is 27.3 Å². The van der Waals surface area contributed by atoms with E-state index in [0.29, 0.717) is 0 Å². The Bertz CT molecular complexity index is 1040. The molecule has 0 saturated heterocycles. The SMILES string of the molecule is Cc1c(C(=O)c2cc(=O)n(C)[nH]2)ccc(S(C)(=O)=O)c1C(=O)OC(C)C. The van der Waals surface area contributed by atoms with Gasteiger partial charge in [-0.3, -0.25) is 19.4 Å². The van der Waals surface area contributed by atoms with Crippen molar-refractivity contribution in [1.82, 2.24) is 9.78 Å². The largest absolute Gasteiger partial charge is 0.459 e. The Hall–Kier alpha value is -2.68. The second-order valence-electron chi connectivity index (χ2n) is 6.23. The molecule has 0 aliphatic carbocycles. The lowest BCUT2D eigenvalue weighted by molar-refractivity contribution is 0.0372. The lowest BCUT2D eigenvalue weighted by Crippen LogP contribution is -2.19. The molecule has 0 aliphatic heterocycles. The van der Waals surface area contributed by atoms with Crippen molar-refractivity contribution in [3.05, 3.63) is 50.9 Å². The second-order valence-corrected chi connectivity index (χ2v) is 8.22. The molecule has 2 rings (SSSR count). The Morgan fingerprint density at radius 3 is 2.31 bits per heavy atom. The van der Waals surface area contributed by atoms with Crippen LogP contribution in [0, 0.1) is 6.92 Å². The highest BCUT2D eigenvalue weighted by molar-refractivity contribution is 7.90. The fraction of sp³-hybridized carbons (Fsp3) is 0.353. The number of sulfone groups is 1. The molecule has 0 spiro atoms. The maximum Gasteiger partial charge on any atom is 0.340 e. The van der Waals surface area contributed by atoms with Crippen molar-refractivity contribution in [2.24, 2.45) is 7.05 Å². The van der Waals surface area contributed by atoms with Gasteiger partial charge in [0.05, 0.1) is 16.6 Å². The number of ether oxygens (including phenoxy) is 1. The minimum atomic E-state index is -3.72. The van der Waals surface area contributed by atoms with E-state index in [0.717, 1.165) is 17.0 Å². The van der Waals surface area contributed by atoms with Gasteiger partial charge in [-0.05, 0) is 38.5 Å². The van der Waals surface area contributed by atoms with Crippen molar-refractivity contribution >= 4 is 21.6 Å². The minimum Gasteiger partial charge on any atom is -0.459 e. The normalized spacial score (nSPS) is 11.6. The van der Waals surface area contributed by atoms with Gasteiger partial charge < -0.3 is 4.74 Å². The van der Waals surface area contributed by atoms with Gasteiger partial charge >= 0.3 is 5.97 Å². The molecule has 0 saturated carbocycles. The van der Waals surface area contributed by atoms with Crippen LogP contribution in [0.4, 0.5) is 0 Å². The zero-order valence-electron chi connectivity index (χ0n) is 15.1. The number of carbonyl (C=O) groups is 2. The molecule has 0 atom stereocenters. The van der Waals surface area contributed by atoms with Crippen molar-refractivity contribution in [2.75, 3.05) is 6.26 Å². The van der Waals surface area contributed by atoms with Gasteiger partial charge in [0.2, 0.25) is 5.78 Å². The summed E-state index contributed by atoms with van der Waals surface area (Å²) in [7, 11) is -2.26. The van der Waals surface area contributed by atoms with Crippen molar-refractivity contribution in [2.45, 2.75) is 31.8 Å². The third kappa shape index (κ3) is 3.77. The monoisotopic (exact) mass is 380 g/mol. The highest BCUT2D eigenvalue weighted by atomic mass is 32.2. The second kappa shape index (κ2) is 6.91. The summed E-state index contributed by atoms with van der Waals surface area (Å²) >= 11 is 0. The quantitative estimate of drug-likeness (QED) is 0.616. The zero-order chi connectivity index (χ0) is 19.8. The third-order valence-electron chi connectivity index (χ3n) is 3.75. The first-order chi connectivity index (χ1) is 11.9. The molecule has 9 heteroatoms. The van der Waals surface area contributed by atoms with Gasteiger partial charge in [0.1, 0.15) is 5.69 Å². The summed E-state index contributed by atoms with van der Waals surface area (Å²) in [6.07, 6.45) is 0.517. The highest BCUT2D eigenvalue weighted by Gasteiger charge is 2.27. The van der Waals surface area contributed by atoms with Crippen molar-refractivity contribution in [1.29, 1.82) is 0 Å². The van der Waals surface area contributed by atoms with Crippen LogP contribution < -0.4 is 5.56 Å². The Labute approximate surface area is 150 Å². The molecular weight excluding hydrogens is 360 g/mol. The number of H-pyrrole nitrogens is 1. The number of carbonyl (C=O) groups excluding carboxylic acids is 2. The molecule has 0 radical (unpaired) electrons. The molecular formula is C17H20N2O6S. The number of rotatable bonds is 5. The summed E-state index contributed by atoms with van der Waals surface area (Å²) in [5.74, 6) is -1.35. The predicted molar refractivity (Wildman–Crippen MR) is 94.3 cm³/mol. The molecule has 8 nitrogen and oxygen atoms in total. The standard InChI is InChI=1S/C17H20N2O6S/c1-9(2)25-17(22)15-10(3)11(6-7-13(15)26(5,23)24)16(21)12-8-14(20)19(4)18-12/h6-9,18H,1-5H3. The fourth-order valence-electron chi connectivity index (χ4n) is 2.52. The number of aromatic amines is 1. The van der Waals surface area contributed by atoms with Crippen LogP contribution in [0.5, 0.6) is 0 Å². The number of aryl methyl sites for hydroxylation is 1. The van der Waals surface area contributed by atoms with E-state index in [1.165, 1.54) is 26.1 Å². The van der Waals surface area contributed by atoms with Gasteiger partial charge in [-0.15, -0.1) is 0 Å². The Kier molecular flexibility index (Phi) is 5.22. The van der Waals surface area contributed by atoms with Gasteiger partial charge in [-0.25, -0.2) is 13.2 Å². The van der Waals surface area contributed by atoms with Crippen LogP contribution in [-0.4, -0.2) is 42.3 Å². The lowest BCUT2D eigenvalue weighted by Gasteiger charge is -2.15. The lowest BCUT2D eigenvalue weighted by atomic mass is 9.97. The number of aromatic nitrogens is 2. The highest BCUT2D eigenvalue weighted by Crippen LogP contribution is 2.25. The summed E-state index contributed by atoms with van der Waals surface area (Å²) in [6, 6.07) is 3.66. The summed E-state index contributed by atoms with van der Waals surface area (Å²) in [5, 5.41) is 2.62. The zero-order valence-corrected chi connectivity index (χ0v) is 15.9. The molecule has 1 aromatic carbocycles. The van der Waals surface area contributed by atoms with Crippen molar-refractivity contribution in [3.63, 3.8) is 0 Å². The molecule has 140 valence electrons. The summed E-state index contributed by atoms with van der Waals surface area (Å²) in [5.41, 5.74) is -0.248. The first-order valence-electron chi connectivity index (χ1n) is 7.79. The van der Waals surface area contributed by atoms with E-state index in [4.69, 9.17) is 4.74 Å². The maximum atomic E-state index is 12.7. The number of nitrogens with one attached hydrogen (secondary N) is 1. The van der Waals surface area contributed by atoms with Crippen LogP contribution in [0.3, 0.4) is 0 Å². The summed E-state index contributed by atoms with van der Waals surface area (Å²) in [4.78, 5) is 36.5. The number of hydrogen-bond donors (Lipinski definition) is 1. The molecule has 1 N–H and O–H groups in total. The molecule has 26 heavy (non-hydrogen) atoms. The van der Waals surface area contributed by atoms with Crippen LogP contribution in [-0.2, 0) is 21.6 Å². The van der Waals surface area contributed by atoms with Crippen LogP contribution in [0.1, 0.15) is 45.8 Å². The van der Waals surface area contributed by atoms with Crippen LogP contribution in [0.15, 0.2) is 27.9 Å². The van der Waals surface area contributed by atoms with Crippen molar-refractivity contribution in [3.8, 4) is 0 Å². The van der Waals surface area contributed by atoms with Gasteiger partial charge in [-0.2, -0.15) is 0 Å². The molecule has 1 heterocycles. The van der Waals surface area contributed by atoms with Crippen LogP contribution in [0.2, 0.25) is 0 Å². The molecule has 2 aromatic rings. The molecule has 0 bridgehead atoms. The van der Waals surface area contributed by atoms with E-state index in [2.05, 4.69) is 5.10 Å². The molecule has 0 fully saturated rings. The molecule has 0 unspecified atom stereocenters. The van der Waals surface area contributed by atoms with E-state index in [1.54, 1.807) is 13.8 Å². The van der Waals surface area contributed by atoms with Gasteiger partial charge in [0.15, 0.2) is 9.84 Å². The van der Waals surface area contributed by atoms with E-state index >= 15 is 0 Å². The molecule has 0 aliphatic rings. The van der Waals surface area contributed by atoms with Gasteiger partial charge in [0.25, 0.3) is 5.56 Å². The van der Waals surface area contributed by atoms with E-state index in [9.17, 15) is 22.8 Å². The topological polar surface area (TPSA) is 115 Å². The smallest absolute Gasteiger partial charge is 0.340 e. The Balaban J connectivity index is 2.68. The van der Waals surface area contributed by atoms with Gasteiger partial charge in [-0.1, -0.05) is 0 Å². The Morgan fingerprint density at radius 1 is 1.23 bits per heavy atom. The first-order valence-corrected chi connectivity index (χ1v) is 9.68. The predicted octanol–water partition coefficient (Wildman–Crippen LogP) is 1.22. The van der Waals surface area contributed by atoms with Crippen LogP contribution in [0.25, 0.3) is 0 Å². The number of nitrogens with zero attached hydrogens (tertiary/aromatic N) is 1. The number of benzene rings is 1. The number of esters is 1. The minimum absolute atomic E-state index is 0.0379. The number of hydrogen-bond acceptors (Lipinski definition) is 6.